The molecule has 0 radical (unpaired) electrons. The molecule has 0 N–H and O–H groups in total. The zero-order valence-corrected chi connectivity index (χ0v) is 15.6. The molecule has 1 aliphatic heterocycles. The largest absolute Gasteiger partial charge is 0.452 e. The number of halogens is 1. The van der Waals surface area contributed by atoms with Crippen LogP contribution in [0.15, 0.2) is 30.3 Å². The Morgan fingerprint density at radius 3 is 2.76 bits per heavy atom. The number of amides is 1. The first kappa shape index (κ1) is 18.0. The summed E-state index contributed by atoms with van der Waals surface area (Å²) in [5.74, 6) is -0.0126. The molecule has 1 aromatic carbocycles. The lowest BCUT2D eigenvalue weighted by Crippen LogP contribution is -2.40. The third kappa shape index (κ3) is 4.41. The molecule has 0 spiro atoms. The SMILES string of the molecule is CC1CCN(C(=O)COC(=O)/C=C/c2sc3ccccc3c2Cl)CC1. The molecule has 1 saturated heterocycles. The van der Waals surface area contributed by atoms with Crippen LogP contribution in [0.5, 0.6) is 0 Å². The molecule has 132 valence electrons. The van der Waals surface area contributed by atoms with Crippen molar-refractivity contribution in [2.45, 2.75) is 19.8 Å². The van der Waals surface area contributed by atoms with Crippen molar-refractivity contribution in [3.63, 3.8) is 0 Å². The summed E-state index contributed by atoms with van der Waals surface area (Å²) in [6, 6.07) is 7.81. The maximum absolute atomic E-state index is 12.1. The number of hydrogen-bond acceptors (Lipinski definition) is 4. The standard InChI is InChI=1S/C19H20ClNO3S/c1-13-8-10-21(11-9-13)17(22)12-24-18(23)7-6-16-19(20)14-4-2-3-5-15(14)25-16/h2-7,13H,8-12H2,1H3/b7-6+. The molecule has 0 saturated carbocycles. The van der Waals surface area contributed by atoms with Gasteiger partial charge in [-0.15, -0.1) is 11.3 Å². The normalized spacial score (nSPS) is 15.8. The van der Waals surface area contributed by atoms with Gasteiger partial charge in [0.25, 0.3) is 5.91 Å². The fraction of sp³-hybridized carbons (Fsp3) is 0.368. The lowest BCUT2D eigenvalue weighted by molar-refractivity contribution is -0.148. The van der Waals surface area contributed by atoms with Gasteiger partial charge in [-0.05, 0) is 30.9 Å². The van der Waals surface area contributed by atoms with Gasteiger partial charge in [0.05, 0.1) is 5.02 Å². The summed E-state index contributed by atoms with van der Waals surface area (Å²) in [7, 11) is 0. The van der Waals surface area contributed by atoms with Crippen molar-refractivity contribution in [2.24, 2.45) is 5.92 Å². The first-order valence-corrected chi connectivity index (χ1v) is 9.53. The molecule has 2 aromatic rings. The second-order valence-electron chi connectivity index (χ2n) is 6.28. The van der Waals surface area contributed by atoms with Crippen molar-refractivity contribution >= 4 is 51.0 Å². The number of hydrogen-bond donors (Lipinski definition) is 0. The summed E-state index contributed by atoms with van der Waals surface area (Å²) in [6.07, 6.45) is 4.97. The summed E-state index contributed by atoms with van der Waals surface area (Å²) in [5.41, 5.74) is 0. The number of rotatable bonds is 4. The summed E-state index contributed by atoms with van der Waals surface area (Å²) < 4.78 is 6.13. The number of benzene rings is 1. The molecule has 0 atom stereocenters. The van der Waals surface area contributed by atoms with Crippen LogP contribution in [0.2, 0.25) is 5.02 Å². The van der Waals surface area contributed by atoms with E-state index in [0.29, 0.717) is 10.9 Å². The molecule has 1 aliphatic rings. The van der Waals surface area contributed by atoms with E-state index in [4.69, 9.17) is 16.3 Å². The van der Waals surface area contributed by atoms with Gasteiger partial charge in [0.1, 0.15) is 0 Å². The third-order valence-corrected chi connectivity index (χ3v) is 6.06. The highest BCUT2D eigenvalue weighted by atomic mass is 35.5. The lowest BCUT2D eigenvalue weighted by atomic mass is 9.99. The van der Waals surface area contributed by atoms with E-state index >= 15 is 0 Å². The van der Waals surface area contributed by atoms with Crippen LogP contribution >= 0.6 is 22.9 Å². The number of thiophene rings is 1. The van der Waals surface area contributed by atoms with Crippen LogP contribution in [-0.4, -0.2) is 36.5 Å². The van der Waals surface area contributed by atoms with Gasteiger partial charge in [0.2, 0.25) is 0 Å². The minimum Gasteiger partial charge on any atom is -0.452 e. The Labute approximate surface area is 156 Å². The van der Waals surface area contributed by atoms with E-state index in [1.165, 1.54) is 17.4 Å². The summed E-state index contributed by atoms with van der Waals surface area (Å²) in [5, 5.41) is 1.60. The highest BCUT2D eigenvalue weighted by Crippen LogP contribution is 2.35. The average Bonchev–Trinajstić information content (AvgIpc) is 2.95. The van der Waals surface area contributed by atoms with Crippen molar-refractivity contribution in [3.8, 4) is 0 Å². The molecule has 1 amide bonds. The topological polar surface area (TPSA) is 46.6 Å². The van der Waals surface area contributed by atoms with Crippen LogP contribution in [0.3, 0.4) is 0 Å². The van der Waals surface area contributed by atoms with Crippen molar-refractivity contribution in [1.29, 1.82) is 0 Å². The van der Waals surface area contributed by atoms with E-state index in [0.717, 1.165) is 40.9 Å². The maximum Gasteiger partial charge on any atom is 0.331 e. The van der Waals surface area contributed by atoms with Gasteiger partial charge in [0.15, 0.2) is 6.61 Å². The number of piperidine rings is 1. The van der Waals surface area contributed by atoms with Crippen molar-refractivity contribution in [1.82, 2.24) is 4.90 Å². The highest BCUT2D eigenvalue weighted by molar-refractivity contribution is 7.20. The van der Waals surface area contributed by atoms with E-state index in [1.54, 1.807) is 11.0 Å². The monoisotopic (exact) mass is 377 g/mol. The number of nitrogens with zero attached hydrogens (tertiary/aromatic N) is 1. The van der Waals surface area contributed by atoms with E-state index < -0.39 is 5.97 Å². The molecule has 0 bridgehead atoms. The minimum absolute atomic E-state index is 0.131. The molecule has 3 rings (SSSR count). The van der Waals surface area contributed by atoms with Crippen LogP contribution < -0.4 is 0 Å². The molecule has 2 heterocycles. The molecule has 0 unspecified atom stereocenters. The Morgan fingerprint density at radius 2 is 2.04 bits per heavy atom. The highest BCUT2D eigenvalue weighted by Gasteiger charge is 2.20. The van der Waals surface area contributed by atoms with Crippen molar-refractivity contribution in [2.75, 3.05) is 19.7 Å². The van der Waals surface area contributed by atoms with Gasteiger partial charge in [-0.25, -0.2) is 4.79 Å². The van der Waals surface area contributed by atoms with E-state index in [2.05, 4.69) is 6.92 Å². The van der Waals surface area contributed by atoms with Gasteiger partial charge >= 0.3 is 5.97 Å². The number of carbonyl (C=O) groups is 2. The van der Waals surface area contributed by atoms with Crippen LogP contribution in [0.1, 0.15) is 24.6 Å². The predicted molar refractivity (Wildman–Crippen MR) is 102 cm³/mol. The Hall–Kier alpha value is -1.85. The molecule has 1 fully saturated rings. The fourth-order valence-electron chi connectivity index (χ4n) is 2.81. The number of fused-ring (bicyclic) bond motifs is 1. The van der Waals surface area contributed by atoms with Crippen LogP contribution in [0, 0.1) is 5.92 Å². The first-order chi connectivity index (χ1) is 12.0. The van der Waals surface area contributed by atoms with Crippen molar-refractivity contribution in [3.05, 3.63) is 40.2 Å². The Balaban J connectivity index is 1.54. The first-order valence-electron chi connectivity index (χ1n) is 8.34. The smallest absolute Gasteiger partial charge is 0.331 e. The van der Waals surface area contributed by atoms with Gasteiger partial charge in [0, 0.05) is 34.1 Å². The van der Waals surface area contributed by atoms with Crippen LogP contribution in [0.4, 0.5) is 0 Å². The minimum atomic E-state index is -0.535. The second kappa shape index (κ2) is 8.02. The molecule has 1 aromatic heterocycles. The van der Waals surface area contributed by atoms with Crippen LogP contribution in [0.25, 0.3) is 16.2 Å². The molecule has 6 heteroatoms. The molecular formula is C19H20ClNO3S. The predicted octanol–water partition coefficient (Wildman–Crippen LogP) is 4.37. The number of ether oxygens (including phenoxy) is 1. The number of esters is 1. The molecular weight excluding hydrogens is 358 g/mol. The zero-order chi connectivity index (χ0) is 17.8. The van der Waals surface area contributed by atoms with Gasteiger partial charge in [-0.2, -0.15) is 0 Å². The number of likely N-dealkylation sites (tertiary alicyclic amines) is 1. The van der Waals surface area contributed by atoms with E-state index in [9.17, 15) is 9.59 Å². The van der Waals surface area contributed by atoms with Crippen molar-refractivity contribution < 1.29 is 14.3 Å². The maximum atomic E-state index is 12.1. The Kier molecular flexibility index (Phi) is 5.76. The summed E-state index contributed by atoms with van der Waals surface area (Å²) >= 11 is 7.84. The quantitative estimate of drug-likeness (QED) is 0.587. The van der Waals surface area contributed by atoms with Gasteiger partial charge in [-0.3, -0.25) is 4.79 Å². The average molecular weight is 378 g/mol. The van der Waals surface area contributed by atoms with E-state index in [1.807, 2.05) is 24.3 Å². The van der Waals surface area contributed by atoms with E-state index in [-0.39, 0.29) is 12.5 Å². The summed E-state index contributed by atoms with van der Waals surface area (Å²) in [6.45, 7) is 3.46. The number of carbonyl (C=O) groups excluding carboxylic acids is 2. The third-order valence-electron chi connectivity index (χ3n) is 4.40. The summed E-state index contributed by atoms with van der Waals surface area (Å²) in [4.78, 5) is 26.5. The molecule has 25 heavy (non-hydrogen) atoms. The lowest BCUT2D eigenvalue weighted by Gasteiger charge is -2.30. The fourth-order valence-corrected chi connectivity index (χ4v) is 4.21. The van der Waals surface area contributed by atoms with Gasteiger partial charge in [-0.1, -0.05) is 36.7 Å². The Bertz CT molecular complexity index is 806. The molecule has 4 nitrogen and oxygen atoms in total. The Morgan fingerprint density at radius 1 is 1.32 bits per heavy atom. The molecule has 0 aliphatic carbocycles. The second-order valence-corrected chi connectivity index (χ2v) is 7.74. The van der Waals surface area contributed by atoms with Gasteiger partial charge < -0.3 is 9.64 Å². The van der Waals surface area contributed by atoms with Crippen LogP contribution in [-0.2, 0) is 14.3 Å². The zero-order valence-electron chi connectivity index (χ0n) is 14.0.